The quantitative estimate of drug-likeness (QED) is 0.923. The molecule has 2 nitrogen and oxygen atoms in total. The number of hydrogen-bond acceptors (Lipinski definition) is 4. The SMILES string of the molecule is COc1ccccc1C(N)C1CSC(C)C(C)S1. The van der Waals surface area contributed by atoms with Crippen LogP contribution in [0.25, 0.3) is 0 Å². The first-order valence-corrected chi connectivity index (χ1v) is 8.28. The first-order chi connectivity index (χ1) is 8.63. The van der Waals surface area contributed by atoms with Crippen molar-refractivity contribution in [1.82, 2.24) is 0 Å². The highest BCUT2D eigenvalue weighted by molar-refractivity contribution is 8.07. The van der Waals surface area contributed by atoms with Crippen LogP contribution in [0.4, 0.5) is 0 Å². The molecule has 1 aliphatic rings. The fourth-order valence-electron chi connectivity index (χ4n) is 2.14. The standard InChI is InChI=1S/C14H21NOS2/c1-9-10(2)18-13(8-17-9)14(15)11-6-4-5-7-12(11)16-3/h4-7,9-10,13-14H,8,15H2,1-3H3. The van der Waals surface area contributed by atoms with E-state index in [2.05, 4.69) is 19.9 Å². The molecule has 1 aromatic rings. The number of nitrogens with two attached hydrogens (primary N) is 1. The highest BCUT2D eigenvalue weighted by Crippen LogP contribution is 2.41. The zero-order valence-corrected chi connectivity index (χ0v) is 12.8. The van der Waals surface area contributed by atoms with E-state index in [0.717, 1.165) is 22.3 Å². The van der Waals surface area contributed by atoms with E-state index < -0.39 is 0 Å². The fourth-order valence-corrected chi connectivity index (χ4v) is 5.18. The maximum absolute atomic E-state index is 6.44. The van der Waals surface area contributed by atoms with Crippen molar-refractivity contribution in [2.45, 2.75) is 35.6 Å². The summed E-state index contributed by atoms with van der Waals surface area (Å²) in [6.07, 6.45) is 0. The van der Waals surface area contributed by atoms with Crippen LogP contribution in [0.3, 0.4) is 0 Å². The Balaban J connectivity index is 2.13. The van der Waals surface area contributed by atoms with E-state index in [-0.39, 0.29) is 6.04 Å². The number of methoxy groups -OCH3 is 1. The van der Waals surface area contributed by atoms with Crippen LogP contribution in [0.15, 0.2) is 24.3 Å². The second-order valence-corrected chi connectivity index (χ2v) is 7.72. The third kappa shape index (κ3) is 2.98. The monoisotopic (exact) mass is 283 g/mol. The number of benzene rings is 1. The third-order valence-electron chi connectivity index (χ3n) is 3.47. The molecule has 2 rings (SSSR count). The van der Waals surface area contributed by atoms with Crippen molar-refractivity contribution in [3.05, 3.63) is 29.8 Å². The lowest BCUT2D eigenvalue weighted by Crippen LogP contribution is -2.34. The molecule has 4 heteroatoms. The van der Waals surface area contributed by atoms with Crippen molar-refractivity contribution >= 4 is 23.5 Å². The van der Waals surface area contributed by atoms with Gasteiger partial charge in [0.15, 0.2) is 0 Å². The maximum atomic E-state index is 6.44. The van der Waals surface area contributed by atoms with Crippen LogP contribution in [-0.2, 0) is 0 Å². The van der Waals surface area contributed by atoms with Crippen molar-refractivity contribution < 1.29 is 4.74 Å². The largest absolute Gasteiger partial charge is 0.496 e. The Morgan fingerprint density at radius 2 is 2.00 bits per heavy atom. The minimum atomic E-state index is 0.0496. The Hall–Kier alpha value is -0.320. The molecule has 18 heavy (non-hydrogen) atoms. The summed E-state index contributed by atoms with van der Waals surface area (Å²) in [4.78, 5) is 0. The molecule has 4 atom stereocenters. The van der Waals surface area contributed by atoms with Crippen LogP contribution >= 0.6 is 23.5 Å². The lowest BCUT2D eigenvalue weighted by atomic mass is 10.0. The predicted molar refractivity (Wildman–Crippen MR) is 82.7 cm³/mol. The second-order valence-electron chi connectivity index (χ2n) is 4.69. The summed E-state index contributed by atoms with van der Waals surface area (Å²) in [5.41, 5.74) is 7.56. The molecule has 0 aliphatic carbocycles. The number of rotatable bonds is 3. The van der Waals surface area contributed by atoms with E-state index in [1.807, 2.05) is 41.7 Å². The predicted octanol–water partition coefficient (Wildman–Crippen LogP) is 3.32. The third-order valence-corrected chi connectivity index (χ3v) is 6.99. The van der Waals surface area contributed by atoms with Crippen molar-refractivity contribution in [2.75, 3.05) is 12.9 Å². The van der Waals surface area contributed by atoms with Gasteiger partial charge in [0.05, 0.1) is 7.11 Å². The van der Waals surface area contributed by atoms with Gasteiger partial charge in [-0.3, -0.25) is 0 Å². The zero-order valence-electron chi connectivity index (χ0n) is 11.1. The minimum Gasteiger partial charge on any atom is -0.496 e. The Morgan fingerprint density at radius 3 is 2.67 bits per heavy atom. The summed E-state index contributed by atoms with van der Waals surface area (Å²) < 4.78 is 5.41. The molecule has 0 spiro atoms. The molecule has 0 saturated carbocycles. The highest BCUT2D eigenvalue weighted by atomic mass is 32.2. The molecule has 1 aliphatic heterocycles. The first-order valence-electron chi connectivity index (χ1n) is 6.29. The van der Waals surface area contributed by atoms with Crippen LogP contribution < -0.4 is 10.5 Å². The molecule has 2 N–H and O–H groups in total. The van der Waals surface area contributed by atoms with Crippen molar-refractivity contribution in [1.29, 1.82) is 0 Å². The molecule has 100 valence electrons. The lowest BCUT2D eigenvalue weighted by molar-refractivity contribution is 0.405. The van der Waals surface area contributed by atoms with Gasteiger partial charge < -0.3 is 10.5 Å². The van der Waals surface area contributed by atoms with Crippen molar-refractivity contribution in [2.24, 2.45) is 5.73 Å². The number of hydrogen-bond donors (Lipinski definition) is 1. The molecule has 1 aromatic carbocycles. The van der Waals surface area contributed by atoms with Gasteiger partial charge in [0.2, 0.25) is 0 Å². The van der Waals surface area contributed by atoms with Crippen LogP contribution in [0.2, 0.25) is 0 Å². The number of thioether (sulfide) groups is 2. The summed E-state index contributed by atoms with van der Waals surface area (Å²) >= 11 is 4.04. The fraction of sp³-hybridized carbons (Fsp3) is 0.571. The number of ether oxygens (including phenoxy) is 1. The Kier molecular flexibility index (Phi) is 4.87. The molecule has 0 bridgehead atoms. The lowest BCUT2D eigenvalue weighted by Gasteiger charge is -2.34. The Labute approximate surface area is 118 Å². The summed E-state index contributed by atoms with van der Waals surface area (Å²) in [6, 6.07) is 8.14. The smallest absolute Gasteiger partial charge is 0.123 e. The summed E-state index contributed by atoms with van der Waals surface area (Å²) in [5, 5.41) is 1.85. The van der Waals surface area contributed by atoms with E-state index in [4.69, 9.17) is 10.5 Å². The van der Waals surface area contributed by atoms with Gasteiger partial charge >= 0.3 is 0 Å². The van der Waals surface area contributed by atoms with Crippen LogP contribution in [0, 0.1) is 0 Å². The summed E-state index contributed by atoms with van der Waals surface area (Å²) in [5.74, 6) is 2.02. The normalized spacial score (nSPS) is 29.9. The van der Waals surface area contributed by atoms with E-state index in [1.165, 1.54) is 0 Å². The van der Waals surface area contributed by atoms with Gasteiger partial charge in [-0.1, -0.05) is 32.0 Å². The van der Waals surface area contributed by atoms with Crippen LogP contribution in [-0.4, -0.2) is 28.6 Å². The number of para-hydroxylation sites is 1. The van der Waals surface area contributed by atoms with Gasteiger partial charge in [-0.2, -0.15) is 23.5 Å². The average molecular weight is 283 g/mol. The minimum absolute atomic E-state index is 0.0496. The van der Waals surface area contributed by atoms with E-state index in [1.54, 1.807) is 7.11 Å². The topological polar surface area (TPSA) is 35.2 Å². The molecule has 0 amide bonds. The Bertz CT molecular complexity index is 399. The van der Waals surface area contributed by atoms with Crippen LogP contribution in [0.5, 0.6) is 5.75 Å². The van der Waals surface area contributed by atoms with E-state index in [0.29, 0.717) is 10.5 Å². The molecule has 0 radical (unpaired) electrons. The van der Waals surface area contributed by atoms with E-state index >= 15 is 0 Å². The summed E-state index contributed by atoms with van der Waals surface area (Å²) in [6.45, 7) is 4.59. The molecular weight excluding hydrogens is 262 g/mol. The zero-order chi connectivity index (χ0) is 13.1. The molecule has 4 unspecified atom stereocenters. The van der Waals surface area contributed by atoms with E-state index in [9.17, 15) is 0 Å². The highest BCUT2D eigenvalue weighted by Gasteiger charge is 2.31. The first kappa shape index (κ1) is 14.1. The Morgan fingerprint density at radius 1 is 1.28 bits per heavy atom. The maximum Gasteiger partial charge on any atom is 0.123 e. The van der Waals surface area contributed by atoms with Gasteiger partial charge in [0.1, 0.15) is 5.75 Å². The van der Waals surface area contributed by atoms with Crippen molar-refractivity contribution in [3.63, 3.8) is 0 Å². The van der Waals surface area contributed by atoms with Gasteiger partial charge in [-0.25, -0.2) is 0 Å². The molecule has 1 fully saturated rings. The van der Waals surface area contributed by atoms with Gasteiger partial charge in [0, 0.05) is 33.1 Å². The molecule has 0 aromatic heterocycles. The second kappa shape index (κ2) is 6.22. The molecule has 1 saturated heterocycles. The average Bonchev–Trinajstić information content (AvgIpc) is 2.41. The molecule has 1 heterocycles. The van der Waals surface area contributed by atoms with Gasteiger partial charge in [0.25, 0.3) is 0 Å². The molecular formula is C14H21NOS2. The van der Waals surface area contributed by atoms with Crippen LogP contribution in [0.1, 0.15) is 25.5 Å². The van der Waals surface area contributed by atoms with Crippen molar-refractivity contribution in [3.8, 4) is 5.75 Å². The van der Waals surface area contributed by atoms with Gasteiger partial charge in [-0.15, -0.1) is 0 Å². The summed E-state index contributed by atoms with van der Waals surface area (Å²) in [7, 11) is 1.71. The van der Waals surface area contributed by atoms with Gasteiger partial charge in [-0.05, 0) is 6.07 Å².